The number of nitrogens with zero attached hydrogens (tertiary/aromatic N) is 1. The number of urea groups is 1. The Bertz CT molecular complexity index is 609. The zero-order valence-electron chi connectivity index (χ0n) is 15.1. The molecule has 0 spiro atoms. The molecule has 2 amide bonds. The highest BCUT2D eigenvalue weighted by molar-refractivity contribution is 5.75. The van der Waals surface area contributed by atoms with Crippen molar-refractivity contribution in [3.8, 4) is 5.75 Å². The molecule has 0 radical (unpaired) electrons. The second-order valence-electron chi connectivity index (χ2n) is 7.21. The van der Waals surface area contributed by atoms with Crippen LogP contribution in [0.3, 0.4) is 0 Å². The van der Waals surface area contributed by atoms with E-state index >= 15 is 0 Å². The summed E-state index contributed by atoms with van der Waals surface area (Å²) in [6.07, 6.45) is 3.83. The van der Waals surface area contributed by atoms with Gasteiger partial charge in [-0.2, -0.15) is 0 Å². The predicted octanol–water partition coefficient (Wildman–Crippen LogP) is 3.24. The maximum absolute atomic E-state index is 12.5. The molecule has 0 bridgehead atoms. The molecule has 5 nitrogen and oxygen atoms in total. The molecule has 3 rings (SSSR count). The number of hydrogen-bond acceptors (Lipinski definition) is 3. The van der Waals surface area contributed by atoms with Crippen molar-refractivity contribution in [1.82, 2.24) is 15.5 Å². The molecule has 1 aromatic rings. The average Bonchev–Trinajstić information content (AvgIpc) is 2.79. The van der Waals surface area contributed by atoms with Crippen LogP contribution in [-0.2, 0) is 0 Å². The van der Waals surface area contributed by atoms with Crippen LogP contribution in [-0.4, -0.2) is 43.2 Å². The van der Waals surface area contributed by atoms with Crippen molar-refractivity contribution in [1.29, 1.82) is 0 Å². The standard InChI is InChI=1S/C20H29N3O2/c1-15(2)14-23-11-9-16(10-12-23)21-20(24)22-18-7-5-13-25-19-8-4-3-6-17(18)19/h3-4,6,8,16,18H,1,5,7,9-14H2,2H3,(H2,21,22,24)/t18-/m1/s1. The zero-order valence-corrected chi connectivity index (χ0v) is 15.1. The summed E-state index contributed by atoms with van der Waals surface area (Å²) in [5, 5.41) is 6.30. The van der Waals surface area contributed by atoms with E-state index in [1.54, 1.807) is 0 Å². The molecule has 2 aliphatic rings. The quantitative estimate of drug-likeness (QED) is 0.825. The Morgan fingerprint density at radius 1 is 1.24 bits per heavy atom. The van der Waals surface area contributed by atoms with Crippen LogP contribution in [0.1, 0.15) is 44.2 Å². The number of hydrogen-bond donors (Lipinski definition) is 2. The van der Waals surface area contributed by atoms with Crippen LogP contribution in [0.4, 0.5) is 4.79 Å². The van der Waals surface area contributed by atoms with Gasteiger partial charge in [0.05, 0.1) is 12.6 Å². The topological polar surface area (TPSA) is 53.6 Å². The molecule has 0 aromatic heterocycles. The summed E-state index contributed by atoms with van der Waals surface area (Å²) in [6.45, 7) is 9.72. The van der Waals surface area contributed by atoms with Gasteiger partial charge in [0, 0.05) is 31.2 Å². The number of para-hydroxylation sites is 1. The molecule has 2 aliphatic heterocycles. The Hall–Kier alpha value is -2.01. The van der Waals surface area contributed by atoms with Crippen LogP contribution in [0, 0.1) is 0 Å². The second-order valence-corrected chi connectivity index (χ2v) is 7.21. The molecule has 2 N–H and O–H groups in total. The molecule has 136 valence electrons. The summed E-state index contributed by atoms with van der Waals surface area (Å²) < 4.78 is 5.77. The van der Waals surface area contributed by atoms with E-state index in [-0.39, 0.29) is 18.1 Å². The lowest BCUT2D eigenvalue weighted by molar-refractivity contribution is 0.200. The van der Waals surface area contributed by atoms with Gasteiger partial charge < -0.3 is 15.4 Å². The third-order valence-corrected chi connectivity index (χ3v) is 4.91. The first kappa shape index (κ1) is 17.8. The van der Waals surface area contributed by atoms with Crippen LogP contribution in [0.25, 0.3) is 0 Å². The maximum atomic E-state index is 12.5. The van der Waals surface area contributed by atoms with Gasteiger partial charge in [-0.3, -0.25) is 4.90 Å². The van der Waals surface area contributed by atoms with Gasteiger partial charge in [0.15, 0.2) is 0 Å². The van der Waals surface area contributed by atoms with E-state index in [1.165, 1.54) is 5.57 Å². The number of nitrogens with one attached hydrogen (secondary N) is 2. The van der Waals surface area contributed by atoms with Gasteiger partial charge >= 0.3 is 6.03 Å². The van der Waals surface area contributed by atoms with E-state index in [9.17, 15) is 4.79 Å². The minimum Gasteiger partial charge on any atom is -0.493 e. The number of carbonyl (C=O) groups excluding carboxylic acids is 1. The monoisotopic (exact) mass is 343 g/mol. The van der Waals surface area contributed by atoms with E-state index < -0.39 is 0 Å². The fourth-order valence-electron chi connectivity index (χ4n) is 3.68. The highest BCUT2D eigenvalue weighted by atomic mass is 16.5. The van der Waals surface area contributed by atoms with Crippen molar-refractivity contribution in [3.63, 3.8) is 0 Å². The number of ether oxygens (including phenoxy) is 1. The van der Waals surface area contributed by atoms with E-state index in [1.807, 2.05) is 24.3 Å². The Labute approximate surface area is 150 Å². The summed E-state index contributed by atoms with van der Waals surface area (Å²) >= 11 is 0. The molecule has 1 atom stereocenters. The minimum atomic E-state index is -0.0694. The maximum Gasteiger partial charge on any atom is 0.315 e. The van der Waals surface area contributed by atoms with E-state index in [0.717, 1.165) is 56.6 Å². The molecule has 0 aliphatic carbocycles. The number of amides is 2. The average molecular weight is 343 g/mol. The normalized spacial score (nSPS) is 21.6. The van der Waals surface area contributed by atoms with Crippen LogP contribution < -0.4 is 15.4 Å². The molecule has 2 heterocycles. The molecule has 25 heavy (non-hydrogen) atoms. The zero-order chi connectivity index (χ0) is 17.6. The van der Waals surface area contributed by atoms with Crippen molar-refractivity contribution in [2.24, 2.45) is 0 Å². The van der Waals surface area contributed by atoms with Crippen LogP contribution in [0.5, 0.6) is 5.75 Å². The number of fused-ring (bicyclic) bond motifs is 1. The van der Waals surface area contributed by atoms with Gasteiger partial charge in [-0.15, -0.1) is 0 Å². The Morgan fingerprint density at radius 2 is 2.00 bits per heavy atom. The van der Waals surface area contributed by atoms with Crippen LogP contribution in [0.2, 0.25) is 0 Å². The smallest absolute Gasteiger partial charge is 0.315 e. The Kier molecular flexibility index (Phi) is 5.97. The van der Waals surface area contributed by atoms with E-state index in [2.05, 4.69) is 29.0 Å². The summed E-state index contributed by atoms with van der Waals surface area (Å²) in [6, 6.07) is 8.19. The molecule has 1 aromatic carbocycles. The van der Waals surface area contributed by atoms with Crippen molar-refractivity contribution in [2.45, 2.75) is 44.7 Å². The van der Waals surface area contributed by atoms with E-state index in [0.29, 0.717) is 6.61 Å². The third-order valence-electron chi connectivity index (χ3n) is 4.91. The first-order valence-electron chi connectivity index (χ1n) is 9.27. The highest BCUT2D eigenvalue weighted by Gasteiger charge is 2.24. The fraction of sp³-hybridized carbons (Fsp3) is 0.550. The summed E-state index contributed by atoms with van der Waals surface area (Å²) in [7, 11) is 0. The van der Waals surface area contributed by atoms with Gasteiger partial charge in [0.2, 0.25) is 0 Å². The second kappa shape index (κ2) is 8.39. The van der Waals surface area contributed by atoms with Gasteiger partial charge in [0.25, 0.3) is 0 Å². The third kappa shape index (κ3) is 4.98. The molecule has 1 saturated heterocycles. The Balaban J connectivity index is 1.51. The van der Waals surface area contributed by atoms with Gasteiger partial charge in [-0.25, -0.2) is 4.79 Å². The first-order chi connectivity index (χ1) is 12.1. The molecule has 0 unspecified atom stereocenters. The Morgan fingerprint density at radius 3 is 2.76 bits per heavy atom. The predicted molar refractivity (Wildman–Crippen MR) is 99.9 cm³/mol. The van der Waals surface area contributed by atoms with Gasteiger partial charge in [0.1, 0.15) is 5.75 Å². The summed E-state index contributed by atoms with van der Waals surface area (Å²) in [5.41, 5.74) is 2.27. The lowest BCUT2D eigenvalue weighted by atomic mass is 10.0. The molecular weight excluding hydrogens is 314 g/mol. The summed E-state index contributed by atoms with van der Waals surface area (Å²) in [5.74, 6) is 0.887. The highest BCUT2D eigenvalue weighted by Crippen LogP contribution is 2.31. The lowest BCUT2D eigenvalue weighted by Gasteiger charge is -2.32. The molecular formula is C20H29N3O2. The summed E-state index contributed by atoms with van der Waals surface area (Å²) in [4.78, 5) is 14.9. The first-order valence-corrected chi connectivity index (χ1v) is 9.27. The number of rotatable bonds is 4. The van der Waals surface area contributed by atoms with E-state index in [4.69, 9.17) is 4.74 Å². The van der Waals surface area contributed by atoms with Gasteiger partial charge in [-0.1, -0.05) is 30.4 Å². The van der Waals surface area contributed by atoms with Crippen LogP contribution >= 0.6 is 0 Å². The molecule has 0 saturated carbocycles. The number of likely N-dealkylation sites (tertiary alicyclic amines) is 1. The number of carbonyl (C=O) groups is 1. The van der Waals surface area contributed by atoms with Crippen molar-refractivity contribution in [2.75, 3.05) is 26.2 Å². The number of benzene rings is 1. The molecule has 5 heteroatoms. The molecule has 1 fully saturated rings. The number of piperidine rings is 1. The fourth-order valence-corrected chi connectivity index (χ4v) is 3.68. The van der Waals surface area contributed by atoms with Gasteiger partial charge in [-0.05, 0) is 38.7 Å². The van der Waals surface area contributed by atoms with Crippen molar-refractivity contribution >= 4 is 6.03 Å². The van der Waals surface area contributed by atoms with Crippen LogP contribution in [0.15, 0.2) is 36.4 Å². The largest absolute Gasteiger partial charge is 0.493 e. The minimum absolute atomic E-state index is 0.0159. The lowest BCUT2D eigenvalue weighted by Crippen LogP contribution is -2.48. The van der Waals surface area contributed by atoms with Crippen molar-refractivity contribution in [3.05, 3.63) is 42.0 Å². The van der Waals surface area contributed by atoms with Crippen molar-refractivity contribution < 1.29 is 9.53 Å². The SMILES string of the molecule is C=C(C)CN1CCC(NC(=O)N[C@@H]2CCCOc3ccccc32)CC1.